The van der Waals surface area contributed by atoms with Crippen LogP contribution in [0.3, 0.4) is 0 Å². The van der Waals surface area contributed by atoms with Crippen molar-refractivity contribution in [1.82, 2.24) is 0 Å². The third kappa shape index (κ3) is 1.93. The molecule has 92 valence electrons. The normalized spacial score (nSPS) is 27.8. The Morgan fingerprint density at radius 3 is 2.82 bits per heavy atom. The molecular weight excluding hydrogens is 243 g/mol. The maximum atomic E-state index is 13.5. The Hall–Kier alpha value is -1.09. The lowest BCUT2D eigenvalue weighted by Gasteiger charge is -2.44. The predicted octanol–water partition coefficient (Wildman–Crippen LogP) is 3.62. The van der Waals surface area contributed by atoms with Crippen LogP contribution >= 0.6 is 11.6 Å². The van der Waals surface area contributed by atoms with Crippen LogP contribution in [0.4, 0.5) is 4.39 Å². The van der Waals surface area contributed by atoms with Gasteiger partial charge in [0.25, 0.3) is 0 Å². The number of carbonyl (C=O) groups excluding carboxylic acids is 1. The van der Waals surface area contributed by atoms with E-state index in [1.807, 2.05) is 13.8 Å². The minimum atomic E-state index is -0.508. The summed E-state index contributed by atoms with van der Waals surface area (Å²) in [5, 5.41) is 0.239. The Balaban J connectivity index is 2.21. The number of ketones is 1. The molecule has 4 heteroatoms. The summed E-state index contributed by atoms with van der Waals surface area (Å²) in [7, 11) is 0. The number of ether oxygens (including phenoxy) is 1. The molecule has 2 atom stereocenters. The first-order valence-corrected chi connectivity index (χ1v) is 6.01. The molecule has 0 spiro atoms. The Morgan fingerprint density at radius 1 is 1.59 bits per heavy atom. The van der Waals surface area contributed by atoms with E-state index < -0.39 is 11.2 Å². The highest BCUT2D eigenvalue weighted by Crippen LogP contribution is 2.44. The largest absolute Gasteiger partial charge is 0.484 e. The predicted molar refractivity (Wildman–Crippen MR) is 63.8 cm³/mol. The first kappa shape index (κ1) is 12.4. The molecule has 2 rings (SSSR count). The van der Waals surface area contributed by atoms with Gasteiger partial charge >= 0.3 is 0 Å². The summed E-state index contributed by atoms with van der Waals surface area (Å²) in [4.78, 5) is 11.5. The molecule has 0 aliphatic heterocycles. The minimum Gasteiger partial charge on any atom is -0.484 e. The van der Waals surface area contributed by atoms with Crippen LogP contribution in [0.5, 0.6) is 5.75 Å². The van der Waals surface area contributed by atoms with Gasteiger partial charge in [-0.15, -0.1) is 0 Å². The van der Waals surface area contributed by atoms with E-state index >= 15 is 0 Å². The molecule has 1 aromatic rings. The third-order valence-electron chi connectivity index (χ3n) is 3.63. The van der Waals surface area contributed by atoms with E-state index in [0.29, 0.717) is 12.8 Å². The first-order valence-electron chi connectivity index (χ1n) is 5.63. The maximum absolute atomic E-state index is 13.5. The molecule has 1 aliphatic rings. The van der Waals surface area contributed by atoms with Crippen molar-refractivity contribution in [1.29, 1.82) is 0 Å². The number of para-hydroxylation sites is 1. The molecule has 1 saturated carbocycles. The number of benzene rings is 1. The second kappa shape index (κ2) is 4.30. The quantitative estimate of drug-likeness (QED) is 0.826. The summed E-state index contributed by atoms with van der Waals surface area (Å²) < 4.78 is 19.1. The van der Waals surface area contributed by atoms with E-state index in [0.717, 1.165) is 0 Å². The maximum Gasteiger partial charge on any atom is 0.173 e. The number of carbonyl (C=O) groups is 1. The molecule has 1 fully saturated rings. The Bertz CT molecular complexity index is 440. The molecule has 0 amide bonds. The van der Waals surface area contributed by atoms with Crippen molar-refractivity contribution in [3.8, 4) is 5.75 Å². The molecule has 2 unspecified atom stereocenters. The highest BCUT2D eigenvalue weighted by molar-refractivity contribution is 6.32. The van der Waals surface area contributed by atoms with E-state index in [1.165, 1.54) is 12.1 Å². The fraction of sp³-hybridized carbons (Fsp3) is 0.462. The molecule has 1 aromatic carbocycles. The van der Waals surface area contributed by atoms with Gasteiger partial charge < -0.3 is 4.74 Å². The standard InChI is InChI=1S/C13H14ClFO2/c1-3-13(2)10(16)7-11(13)17-12-8(14)5-4-6-9(12)15/h4-6,11H,3,7H2,1-2H3. The number of hydrogen-bond acceptors (Lipinski definition) is 2. The summed E-state index contributed by atoms with van der Waals surface area (Å²) in [6.07, 6.45) is 0.729. The zero-order valence-electron chi connectivity index (χ0n) is 9.80. The van der Waals surface area contributed by atoms with Crippen LogP contribution in [0.25, 0.3) is 0 Å². The highest BCUT2D eigenvalue weighted by Gasteiger charge is 2.51. The van der Waals surface area contributed by atoms with Crippen molar-refractivity contribution in [2.45, 2.75) is 32.8 Å². The fourth-order valence-electron chi connectivity index (χ4n) is 2.01. The molecule has 0 radical (unpaired) electrons. The SMILES string of the molecule is CCC1(C)C(=O)CC1Oc1c(F)cccc1Cl. The van der Waals surface area contributed by atoms with Gasteiger partial charge in [-0.25, -0.2) is 4.39 Å². The summed E-state index contributed by atoms with van der Waals surface area (Å²) in [5.41, 5.74) is -0.508. The van der Waals surface area contributed by atoms with Crippen molar-refractivity contribution in [2.24, 2.45) is 5.41 Å². The molecule has 0 saturated heterocycles. The fourth-order valence-corrected chi connectivity index (χ4v) is 2.22. The Labute approximate surface area is 105 Å². The van der Waals surface area contributed by atoms with Gasteiger partial charge in [-0.1, -0.05) is 24.6 Å². The second-order valence-corrected chi connectivity index (χ2v) is 4.96. The third-order valence-corrected chi connectivity index (χ3v) is 3.93. The highest BCUT2D eigenvalue weighted by atomic mass is 35.5. The first-order chi connectivity index (χ1) is 7.99. The number of halogens is 2. The van der Waals surface area contributed by atoms with Gasteiger partial charge in [0, 0.05) is 6.42 Å². The van der Waals surface area contributed by atoms with E-state index in [9.17, 15) is 9.18 Å². The van der Waals surface area contributed by atoms with Gasteiger partial charge in [-0.05, 0) is 25.5 Å². The Kier molecular flexibility index (Phi) is 3.13. The van der Waals surface area contributed by atoms with Crippen LogP contribution in [-0.2, 0) is 4.79 Å². The molecule has 2 nitrogen and oxygen atoms in total. The lowest BCUT2D eigenvalue weighted by molar-refractivity contribution is -0.150. The average Bonchev–Trinajstić information content (AvgIpc) is 2.31. The smallest absolute Gasteiger partial charge is 0.173 e. The van der Waals surface area contributed by atoms with E-state index in [4.69, 9.17) is 16.3 Å². The van der Waals surface area contributed by atoms with Crippen molar-refractivity contribution in [3.63, 3.8) is 0 Å². The van der Waals surface area contributed by atoms with Crippen LogP contribution in [0.2, 0.25) is 5.02 Å². The van der Waals surface area contributed by atoms with Crippen LogP contribution in [0.15, 0.2) is 18.2 Å². The summed E-state index contributed by atoms with van der Waals surface area (Å²) in [5.74, 6) is -0.279. The summed E-state index contributed by atoms with van der Waals surface area (Å²) in [6, 6.07) is 4.39. The van der Waals surface area contributed by atoms with Crippen molar-refractivity contribution in [2.75, 3.05) is 0 Å². The number of Topliss-reactive ketones (excluding diaryl/α,β-unsaturated/α-hetero) is 1. The van der Waals surface area contributed by atoms with Gasteiger partial charge in [-0.2, -0.15) is 0 Å². The van der Waals surface area contributed by atoms with E-state index in [2.05, 4.69) is 0 Å². The van der Waals surface area contributed by atoms with E-state index in [-0.39, 0.29) is 22.7 Å². The van der Waals surface area contributed by atoms with Gasteiger partial charge in [0.05, 0.1) is 10.4 Å². The van der Waals surface area contributed by atoms with Crippen LogP contribution in [-0.4, -0.2) is 11.9 Å². The second-order valence-electron chi connectivity index (χ2n) is 4.56. The van der Waals surface area contributed by atoms with Gasteiger partial charge in [0.1, 0.15) is 11.9 Å². The van der Waals surface area contributed by atoms with Gasteiger partial charge in [0.2, 0.25) is 0 Å². The molecule has 0 bridgehead atoms. The molecule has 1 aliphatic carbocycles. The zero-order valence-corrected chi connectivity index (χ0v) is 10.6. The summed E-state index contributed by atoms with van der Waals surface area (Å²) in [6.45, 7) is 3.77. The zero-order chi connectivity index (χ0) is 12.6. The van der Waals surface area contributed by atoms with Crippen molar-refractivity contribution in [3.05, 3.63) is 29.0 Å². The minimum absolute atomic E-state index is 0.0475. The lowest BCUT2D eigenvalue weighted by atomic mass is 9.64. The molecule has 0 aromatic heterocycles. The van der Waals surface area contributed by atoms with Crippen molar-refractivity contribution >= 4 is 17.4 Å². The van der Waals surface area contributed by atoms with Crippen LogP contribution < -0.4 is 4.74 Å². The monoisotopic (exact) mass is 256 g/mol. The van der Waals surface area contributed by atoms with E-state index in [1.54, 1.807) is 6.07 Å². The summed E-state index contributed by atoms with van der Waals surface area (Å²) >= 11 is 5.88. The molecule has 17 heavy (non-hydrogen) atoms. The number of hydrogen-bond donors (Lipinski definition) is 0. The van der Waals surface area contributed by atoms with Crippen molar-refractivity contribution < 1.29 is 13.9 Å². The van der Waals surface area contributed by atoms with Gasteiger partial charge in [-0.3, -0.25) is 4.79 Å². The molecular formula is C13H14ClFO2. The van der Waals surface area contributed by atoms with Crippen LogP contribution in [0, 0.1) is 11.2 Å². The lowest BCUT2D eigenvalue weighted by Crippen LogP contribution is -2.54. The molecule has 0 N–H and O–H groups in total. The van der Waals surface area contributed by atoms with Crippen LogP contribution in [0.1, 0.15) is 26.7 Å². The number of rotatable bonds is 3. The van der Waals surface area contributed by atoms with Gasteiger partial charge in [0.15, 0.2) is 11.6 Å². The Morgan fingerprint density at radius 2 is 2.29 bits per heavy atom. The topological polar surface area (TPSA) is 26.3 Å². The average molecular weight is 257 g/mol. The molecule has 0 heterocycles.